The first kappa shape index (κ1) is 21.3. The number of halogens is 1. The molecule has 29 heavy (non-hydrogen) atoms. The lowest BCUT2D eigenvalue weighted by molar-refractivity contribution is 0.321. The van der Waals surface area contributed by atoms with Gasteiger partial charge < -0.3 is 9.26 Å². The molecule has 0 amide bonds. The molecule has 2 aromatic carbocycles. The molecular weight excluding hydrogens is 414 g/mol. The maximum Gasteiger partial charge on any atom is 0.240 e. The number of hydrogen-bond acceptors (Lipinski definition) is 6. The maximum absolute atomic E-state index is 12.8. The van der Waals surface area contributed by atoms with Gasteiger partial charge in [0.05, 0.1) is 17.6 Å². The van der Waals surface area contributed by atoms with Gasteiger partial charge in [-0.3, -0.25) is 0 Å². The number of rotatable bonds is 6. The summed E-state index contributed by atoms with van der Waals surface area (Å²) >= 11 is 5.86. The average molecular weight is 436 g/mol. The van der Waals surface area contributed by atoms with E-state index in [1.165, 1.54) is 19.2 Å². The SMILES string of the molecule is COc1ccc(S(=O)(=O)NCc2ccc(Cl)cc2)cc1-c1noc(C(C)(C)C)n1. The minimum atomic E-state index is -3.77. The highest BCUT2D eigenvalue weighted by Gasteiger charge is 2.24. The van der Waals surface area contributed by atoms with Crippen LogP contribution in [-0.2, 0) is 22.0 Å². The predicted molar refractivity (Wildman–Crippen MR) is 110 cm³/mol. The van der Waals surface area contributed by atoms with Crippen molar-refractivity contribution in [3.05, 3.63) is 58.9 Å². The zero-order chi connectivity index (χ0) is 21.2. The Balaban J connectivity index is 1.91. The van der Waals surface area contributed by atoms with Crippen molar-refractivity contribution >= 4 is 21.6 Å². The number of ether oxygens (including phenoxy) is 1. The van der Waals surface area contributed by atoms with Crippen LogP contribution >= 0.6 is 11.6 Å². The molecule has 3 rings (SSSR count). The van der Waals surface area contributed by atoms with Crippen molar-refractivity contribution in [1.29, 1.82) is 0 Å². The lowest BCUT2D eigenvalue weighted by atomic mass is 9.97. The van der Waals surface area contributed by atoms with Crippen molar-refractivity contribution in [3.8, 4) is 17.1 Å². The number of benzene rings is 2. The van der Waals surface area contributed by atoms with Gasteiger partial charge in [0.1, 0.15) is 5.75 Å². The first-order chi connectivity index (χ1) is 13.6. The third kappa shape index (κ3) is 4.95. The van der Waals surface area contributed by atoms with Crippen LogP contribution in [0.3, 0.4) is 0 Å². The van der Waals surface area contributed by atoms with E-state index in [4.69, 9.17) is 20.9 Å². The lowest BCUT2D eigenvalue weighted by Gasteiger charge is -2.11. The Kier molecular flexibility index (Phi) is 5.97. The van der Waals surface area contributed by atoms with Crippen molar-refractivity contribution < 1.29 is 17.7 Å². The molecule has 154 valence electrons. The Bertz CT molecular complexity index is 1100. The van der Waals surface area contributed by atoms with E-state index in [1.54, 1.807) is 30.3 Å². The van der Waals surface area contributed by atoms with Crippen molar-refractivity contribution in [2.24, 2.45) is 0 Å². The summed E-state index contributed by atoms with van der Waals surface area (Å²) in [7, 11) is -2.27. The molecule has 0 spiro atoms. The van der Waals surface area contributed by atoms with E-state index in [9.17, 15) is 8.42 Å². The molecule has 1 aromatic heterocycles. The van der Waals surface area contributed by atoms with Crippen LogP contribution in [0.1, 0.15) is 32.2 Å². The average Bonchev–Trinajstić information content (AvgIpc) is 3.17. The minimum Gasteiger partial charge on any atom is -0.496 e. The Hall–Kier alpha value is -2.42. The first-order valence-corrected chi connectivity index (χ1v) is 10.7. The zero-order valence-electron chi connectivity index (χ0n) is 16.6. The molecule has 0 bridgehead atoms. The van der Waals surface area contributed by atoms with Gasteiger partial charge in [0.25, 0.3) is 0 Å². The molecule has 7 nitrogen and oxygen atoms in total. The summed E-state index contributed by atoms with van der Waals surface area (Å²) in [5.41, 5.74) is 0.892. The number of nitrogens with zero attached hydrogens (tertiary/aromatic N) is 2. The van der Waals surface area contributed by atoms with Gasteiger partial charge in [0.2, 0.25) is 21.7 Å². The second-order valence-corrected chi connectivity index (χ2v) is 9.69. The highest BCUT2D eigenvalue weighted by molar-refractivity contribution is 7.89. The molecule has 0 unspecified atom stereocenters. The topological polar surface area (TPSA) is 94.3 Å². The molecule has 3 aromatic rings. The summed E-state index contributed by atoms with van der Waals surface area (Å²) in [5.74, 6) is 1.16. The number of sulfonamides is 1. The lowest BCUT2D eigenvalue weighted by Crippen LogP contribution is -2.23. The number of aromatic nitrogens is 2. The maximum atomic E-state index is 12.8. The molecule has 0 atom stereocenters. The smallest absolute Gasteiger partial charge is 0.240 e. The number of nitrogens with one attached hydrogen (secondary N) is 1. The largest absolute Gasteiger partial charge is 0.496 e. The van der Waals surface area contributed by atoms with Crippen LogP contribution in [0, 0.1) is 0 Å². The van der Waals surface area contributed by atoms with E-state index in [0.717, 1.165) is 5.56 Å². The predicted octanol–water partition coefficient (Wildman–Crippen LogP) is 4.17. The quantitative estimate of drug-likeness (QED) is 0.624. The van der Waals surface area contributed by atoms with Gasteiger partial charge >= 0.3 is 0 Å². The monoisotopic (exact) mass is 435 g/mol. The Morgan fingerprint density at radius 3 is 2.41 bits per heavy atom. The van der Waals surface area contributed by atoms with Crippen LogP contribution < -0.4 is 9.46 Å². The summed E-state index contributed by atoms with van der Waals surface area (Å²) in [6, 6.07) is 11.5. The molecule has 0 radical (unpaired) electrons. The van der Waals surface area contributed by atoms with Gasteiger partial charge in [-0.25, -0.2) is 13.1 Å². The van der Waals surface area contributed by atoms with Crippen molar-refractivity contribution in [3.63, 3.8) is 0 Å². The van der Waals surface area contributed by atoms with Crippen LogP contribution in [0.15, 0.2) is 51.9 Å². The van der Waals surface area contributed by atoms with Crippen molar-refractivity contribution in [1.82, 2.24) is 14.9 Å². The van der Waals surface area contributed by atoms with E-state index in [-0.39, 0.29) is 22.7 Å². The fourth-order valence-electron chi connectivity index (χ4n) is 2.53. The van der Waals surface area contributed by atoms with Crippen LogP contribution in [0.4, 0.5) is 0 Å². The normalized spacial score (nSPS) is 12.2. The third-order valence-corrected chi connectivity index (χ3v) is 5.82. The first-order valence-electron chi connectivity index (χ1n) is 8.87. The van der Waals surface area contributed by atoms with Crippen molar-refractivity contribution in [2.45, 2.75) is 37.6 Å². The molecule has 9 heteroatoms. The Morgan fingerprint density at radius 1 is 1.14 bits per heavy atom. The van der Waals surface area contributed by atoms with Gasteiger partial charge in [0.15, 0.2) is 0 Å². The zero-order valence-corrected chi connectivity index (χ0v) is 18.1. The summed E-state index contributed by atoms with van der Waals surface area (Å²) < 4.78 is 38.8. The highest BCUT2D eigenvalue weighted by Crippen LogP contribution is 2.32. The summed E-state index contributed by atoms with van der Waals surface area (Å²) in [5, 5.41) is 4.58. The van der Waals surface area contributed by atoms with Gasteiger partial charge in [-0.1, -0.05) is 49.7 Å². The van der Waals surface area contributed by atoms with Gasteiger partial charge in [-0.15, -0.1) is 0 Å². The molecule has 1 N–H and O–H groups in total. The second-order valence-electron chi connectivity index (χ2n) is 7.49. The standard InChI is InChI=1S/C20H22ClN3O4S/c1-20(2,3)19-23-18(24-28-19)16-11-15(9-10-17(16)27-4)29(25,26)22-12-13-5-7-14(21)8-6-13/h5-11,22H,12H2,1-4H3. The summed E-state index contributed by atoms with van der Waals surface area (Å²) in [4.78, 5) is 4.47. The van der Waals surface area contributed by atoms with E-state index in [2.05, 4.69) is 14.9 Å². The number of hydrogen-bond donors (Lipinski definition) is 1. The van der Waals surface area contributed by atoms with Crippen LogP contribution in [0.5, 0.6) is 5.75 Å². The van der Waals surface area contributed by atoms with Gasteiger partial charge in [-0.05, 0) is 35.9 Å². The molecule has 0 aliphatic heterocycles. The third-order valence-electron chi connectivity index (χ3n) is 4.17. The van der Waals surface area contributed by atoms with Crippen LogP contribution in [0.25, 0.3) is 11.4 Å². The van der Waals surface area contributed by atoms with E-state index in [1.807, 2.05) is 20.8 Å². The molecule has 0 fully saturated rings. The Morgan fingerprint density at radius 2 is 1.83 bits per heavy atom. The number of methoxy groups -OCH3 is 1. The van der Waals surface area contributed by atoms with Crippen LogP contribution in [-0.4, -0.2) is 25.7 Å². The fourth-order valence-corrected chi connectivity index (χ4v) is 3.70. The van der Waals surface area contributed by atoms with E-state index in [0.29, 0.717) is 22.2 Å². The fraction of sp³-hybridized carbons (Fsp3) is 0.300. The van der Waals surface area contributed by atoms with E-state index >= 15 is 0 Å². The van der Waals surface area contributed by atoms with Crippen molar-refractivity contribution in [2.75, 3.05) is 7.11 Å². The molecule has 0 saturated carbocycles. The minimum absolute atomic E-state index is 0.0735. The summed E-state index contributed by atoms with van der Waals surface area (Å²) in [6.07, 6.45) is 0. The molecular formula is C20H22ClN3O4S. The molecule has 0 aliphatic rings. The highest BCUT2D eigenvalue weighted by atomic mass is 35.5. The second kappa shape index (κ2) is 8.14. The molecule has 1 heterocycles. The summed E-state index contributed by atoms with van der Waals surface area (Å²) in [6.45, 7) is 5.98. The molecule has 0 aliphatic carbocycles. The van der Waals surface area contributed by atoms with E-state index < -0.39 is 10.0 Å². The van der Waals surface area contributed by atoms with Gasteiger partial charge in [0, 0.05) is 17.0 Å². The van der Waals surface area contributed by atoms with Gasteiger partial charge in [-0.2, -0.15) is 4.98 Å². The molecule has 0 saturated heterocycles. The van der Waals surface area contributed by atoms with Crippen LogP contribution in [0.2, 0.25) is 5.02 Å². The Labute approximate surface area is 175 Å².